The monoisotopic (exact) mass is 550 g/mol. The maximum Gasteiger partial charge on any atom is 0.423 e. The first-order chi connectivity index (χ1) is 18.0. The SMILES string of the molecule is Cc1ccc(N2CCN(C(=S)COC3CCC(N(C)c4ccc([N+](=O)[O-])c(C(F)(F)F)c4)CC3)CC2)cc1. The normalized spacial score (nSPS) is 20.3. The number of anilines is 2. The van der Waals surface area contributed by atoms with Crippen LogP contribution in [0.15, 0.2) is 42.5 Å². The number of piperazine rings is 1. The summed E-state index contributed by atoms with van der Waals surface area (Å²) >= 11 is 5.65. The quantitative estimate of drug-likeness (QED) is 0.244. The van der Waals surface area contributed by atoms with Crippen molar-refractivity contribution in [2.45, 2.75) is 50.9 Å². The number of thiocarbonyl (C=S) groups is 1. The molecule has 0 amide bonds. The molecule has 1 aliphatic carbocycles. The molecule has 0 spiro atoms. The van der Waals surface area contributed by atoms with Crippen LogP contribution in [0.4, 0.5) is 30.2 Å². The van der Waals surface area contributed by atoms with Crippen LogP contribution < -0.4 is 9.80 Å². The molecule has 2 fully saturated rings. The maximum absolute atomic E-state index is 13.4. The van der Waals surface area contributed by atoms with E-state index < -0.39 is 22.4 Å². The molecule has 1 saturated carbocycles. The van der Waals surface area contributed by atoms with Crippen molar-refractivity contribution in [2.75, 3.05) is 49.6 Å². The van der Waals surface area contributed by atoms with E-state index in [2.05, 4.69) is 41.0 Å². The number of hydrogen-bond donors (Lipinski definition) is 0. The standard InChI is InChI=1S/C27H33F3N4O3S/c1-19-3-5-21(6-4-19)32-13-15-33(16-14-32)26(38)18-37-23-10-7-20(8-11-23)31(2)22-9-12-25(34(35)36)24(17-22)27(28,29)30/h3-6,9,12,17,20,23H,7-8,10-11,13-16,18H2,1-2H3. The van der Waals surface area contributed by atoms with E-state index in [4.69, 9.17) is 17.0 Å². The van der Waals surface area contributed by atoms with Crippen molar-refractivity contribution < 1.29 is 22.8 Å². The van der Waals surface area contributed by atoms with Crippen molar-refractivity contribution in [3.63, 3.8) is 0 Å². The summed E-state index contributed by atoms with van der Waals surface area (Å²) in [5, 5.41) is 11.0. The minimum atomic E-state index is -4.80. The van der Waals surface area contributed by atoms with E-state index in [9.17, 15) is 23.3 Å². The fraction of sp³-hybridized carbons (Fsp3) is 0.519. The van der Waals surface area contributed by atoms with Crippen molar-refractivity contribution in [1.82, 2.24) is 4.90 Å². The lowest BCUT2D eigenvalue weighted by atomic mass is 9.91. The average Bonchev–Trinajstić information content (AvgIpc) is 2.91. The second-order valence-electron chi connectivity index (χ2n) is 10.0. The highest BCUT2D eigenvalue weighted by Crippen LogP contribution is 2.39. The summed E-state index contributed by atoms with van der Waals surface area (Å²) in [4.78, 5) is 17.2. The van der Waals surface area contributed by atoms with Crippen LogP contribution in [-0.2, 0) is 10.9 Å². The predicted molar refractivity (Wildman–Crippen MR) is 146 cm³/mol. The highest BCUT2D eigenvalue weighted by atomic mass is 32.1. The lowest BCUT2D eigenvalue weighted by molar-refractivity contribution is -0.388. The number of ether oxygens (including phenoxy) is 1. The number of nitro groups is 1. The van der Waals surface area contributed by atoms with Crippen molar-refractivity contribution in [2.24, 2.45) is 0 Å². The molecular formula is C27H33F3N4O3S. The van der Waals surface area contributed by atoms with Crippen molar-refractivity contribution in [1.29, 1.82) is 0 Å². The van der Waals surface area contributed by atoms with E-state index in [1.54, 1.807) is 11.9 Å². The molecule has 206 valence electrons. The number of hydrogen-bond acceptors (Lipinski definition) is 6. The van der Waals surface area contributed by atoms with Gasteiger partial charge in [-0.1, -0.05) is 29.9 Å². The van der Waals surface area contributed by atoms with Gasteiger partial charge >= 0.3 is 6.18 Å². The second kappa shape index (κ2) is 11.9. The Bertz CT molecular complexity index is 1130. The number of benzene rings is 2. The van der Waals surface area contributed by atoms with Gasteiger partial charge in [-0.15, -0.1) is 0 Å². The fourth-order valence-corrected chi connectivity index (χ4v) is 5.44. The Morgan fingerprint density at radius 2 is 1.71 bits per heavy atom. The van der Waals surface area contributed by atoms with Crippen LogP contribution in [0.25, 0.3) is 0 Å². The maximum atomic E-state index is 13.4. The Balaban J connectivity index is 1.23. The van der Waals surface area contributed by atoms with Crippen LogP contribution in [0, 0.1) is 17.0 Å². The lowest BCUT2D eigenvalue weighted by Crippen LogP contribution is -2.49. The van der Waals surface area contributed by atoms with Crippen LogP contribution in [0.2, 0.25) is 0 Å². The Kier molecular flexibility index (Phi) is 8.77. The molecular weight excluding hydrogens is 517 g/mol. The minimum absolute atomic E-state index is 0.0270. The number of nitrogens with zero attached hydrogens (tertiary/aromatic N) is 4. The zero-order valence-electron chi connectivity index (χ0n) is 21.6. The molecule has 0 atom stereocenters. The zero-order chi connectivity index (χ0) is 27.4. The highest BCUT2D eigenvalue weighted by Gasteiger charge is 2.39. The fourth-order valence-electron chi connectivity index (χ4n) is 5.19. The third-order valence-electron chi connectivity index (χ3n) is 7.55. The van der Waals surface area contributed by atoms with E-state index in [0.29, 0.717) is 12.3 Å². The van der Waals surface area contributed by atoms with Crippen molar-refractivity contribution in [3.8, 4) is 0 Å². The van der Waals surface area contributed by atoms with E-state index >= 15 is 0 Å². The summed E-state index contributed by atoms with van der Waals surface area (Å²) in [6.07, 6.45) is -1.69. The van der Waals surface area contributed by atoms with Gasteiger partial charge in [-0.05, 0) is 56.9 Å². The van der Waals surface area contributed by atoms with Gasteiger partial charge in [0, 0.05) is 56.7 Å². The molecule has 1 aliphatic heterocycles. The van der Waals surface area contributed by atoms with Gasteiger partial charge in [-0.25, -0.2) is 0 Å². The Labute approximate surface area is 226 Å². The molecule has 7 nitrogen and oxygen atoms in total. The molecule has 1 heterocycles. The third kappa shape index (κ3) is 6.74. The molecule has 2 aromatic rings. The van der Waals surface area contributed by atoms with Gasteiger partial charge in [-0.3, -0.25) is 10.1 Å². The van der Waals surface area contributed by atoms with Gasteiger partial charge in [0.05, 0.1) is 17.6 Å². The Morgan fingerprint density at radius 3 is 2.29 bits per heavy atom. The topological polar surface area (TPSA) is 62.1 Å². The number of aryl methyl sites for hydroxylation is 1. The first kappa shape index (κ1) is 28.1. The van der Waals surface area contributed by atoms with Gasteiger partial charge in [0.2, 0.25) is 0 Å². The summed E-state index contributed by atoms with van der Waals surface area (Å²) in [6.45, 7) is 5.98. The van der Waals surface area contributed by atoms with Crippen LogP contribution in [0.1, 0.15) is 36.8 Å². The Hall–Kier alpha value is -2.92. The van der Waals surface area contributed by atoms with Gasteiger partial charge < -0.3 is 19.4 Å². The van der Waals surface area contributed by atoms with Crippen LogP contribution in [-0.4, -0.2) is 66.8 Å². The van der Waals surface area contributed by atoms with Crippen molar-refractivity contribution in [3.05, 3.63) is 63.7 Å². The van der Waals surface area contributed by atoms with Crippen molar-refractivity contribution >= 4 is 34.3 Å². The highest BCUT2D eigenvalue weighted by molar-refractivity contribution is 7.80. The third-order valence-corrected chi connectivity index (χ3v) is 7.93. The minimum Gasteiger partial charge on any atom is -0.372 e. The summed E-state index contributed by atoms with van der Waals surface area (Å²) in [5.74, 6) is 0. The van der Waals surface area contributed by atoms with Gasteiger partial charge in [0.25, 0.3) is 5.69 Å². The average molecular weight is 551 g/mol. The van der Waals surface area contributed by atoms with Crippen LogP contribution >= 0.6 is 12.2 Å². The molecule has 11 heteroatoms. The smallest absolute Gasteiger partial charge is 0.372 e. The number of alkyl halides is 3. The van der Waals surface area contributed by atoms with Crippen LogP contribution in [0.5, 0.6) is 0 Å². The second-order valence-corrected chi connectivity index (χ2v) is 10.5. The molecule has 38 heavy (non-hydrogen) atoms. The molecule has 4 rings (SSSR count). The largest absolute Gasteiger partial charge is 0.423 e. The predicted octanol–water partition coefficient (Wildman–Crippen LogP) is 5.84. The molecule has 0 aromatic heterocycles. The molecule has 0 bridgehead atoms. The zero-order valence-corrected chi connectivity index (χ0v) is 22.4. The van der Waals surface area contributed by atoms with Gasteiger partial charge in [0.1, 0.15) is 10.6 Å². The Morgan fingerprint density at radius 1 is 1.08 bits per heavy atom. The van der Waals surface area contributed by atoms with Gasteiger partial charge in [0.15, 0.2) is 0 Å². The molecule has 2 aliphatic rings. The number of rotatable bonds is 7. The molecule has 0 unspecified atom stereocenters. The summed E-state index contributed by atoms with van der Waals surface area (Å²) in [6, 6.07) is 11.8. The summed E-state index contributed by atoms with van der Waals surface area (Å²) in [5.41, 5.74) is 0.630. The molecule has 1 saturated heterocycles. The van der Waals surface area contributed by atoms with Gasteiger partial charge in [-0.2, -0.15) is 13.2 Å². The summed E-state index contributed by atoms with van der Waals surface area (Å²) in [7, 11) is 1.73. The van der Waals surface area contributed by atoms with E-state index in [-0.39, 0.29) is 12.1 Å². The molecule has 0 N–H and O–H groups in total. The van der Waals surface area contributed by atoms with E-state index in [0.717, 1.165) is 69.0 Å². The lowest BCUT2D eigenvalue weighted by Gasteiger charge is -2.38. The molecule has 2 aromatic carbocycles. The number of nitro benzene ring substituents is 1. The van der Waals surface area contributed by atoms with Crippen LogP contribution in [0.3, 0.4) is 0 Å². The van der Waals surface area contributed by atoms with E-state index in [1.165, 1.54) is 17.3 Å². The first-order valence-electron chi connectivity index (χ1n) is 12.8. The summed E-state index contributed by atoms with van der Waals surface area (Å²) < 4.78 is 46.3. The number of halogens is 3. The molecule has 0 radical (unpaired) electrons. The first-order valence-corrected chi connectivity index (χ1v) is 13.2. The van der Waals surface area contributed by atoms with E-state index in [1.807, 2.05) is 0 Å².